The van der Waals surface area contributed by atoms with E-state index in [1.54, 1.807) is 0 Å². The van der Waals surface area contributed by atoms with Crippen LogP contribution < -0.4 is 0 Å². The normalized spacial score (nSPS) is 12.6. The molecule has 374 valence electrons. The first kappa shape index (κ1) is 61.9. The summed E-state index contributed by atoms with van der Waals surface area (Å²) in [6, 6.07) is 0. The van der Waals surface area contributed by atoms with Crippen molar-refractivity contribution in [2.24, 2.45) is 0 Å². The van der Waals surface area contributed by atoms with E-state index in [-0.39, 0.29) is 37.5 Å². The molecule has 6 nitrogen and oxygen atoms in total. The maximum atomic E-state index is 12.8. The molecule has 0 aromatic rings. The van der Waals surface area contributed by atoms with Gasteiger partial charge in [0.2, 0.25) is 0 Å². The van der Waals surface area contributed by atoms with Gasteiger partial charge in [0.25, 0.3) is 0 Å². The van der Waals surface area contributed by atoms with Crippen molar-refractivity contribution in [2.45, 2.75) is 271 Å². The van der Waals surface area contributed by atoms with Crippen LogP contribution in [0.4, 0.5) is 0 Å². The number of rotatable bonds is 49. The van der Waals surface area contributed by atoms with Crippen molar-refractivity contribution in [3.05, 3.63) is 72.9 Å². The zero-order valence-electron chi connectivity index (χ0n) is 42.7. The van der Waals surface area contributed by atoms with Crippen molar-refractivity contribution in [2.75, 3.05) is 13.2 Å². The Morgan fingerprint density at radius 1 is 0.308 bits per heavy atom. The Morgan fingerprint density at radius 2 is 0.569 bits per heavy atom. The highest BCUT2D eigenvalue weighted by atomic mass is 16.6. The first-order valence-electron chi connectivity index (χ1n) is 27.4. The van der Waals surface area contributed by atoms with Crippen LogP contribution in [0.15, 0.2) is 72.9 Å². The maximum absolute atomic E-state index is 12.8. The van der Waals surface area contributed by atoms with E-state index in [1.165, 1.54) is 148 Å². The van der Waals surface area contributed by atoms with Crippen molar-refractivity contribution in [3.8, 4) is 0 Å². The van der Waals surface area contributed by atoms with Gasteiger partial charge >= 0.3 is 17.9 Å². The van der Waals surface area contributed by atoms with Gasteiger partial charge in [0, 0.05) is 19.3 Å². The fraction of sp³-hybridized carbons (Fsp3) is 0.746. The molecule has 6 heteroatoms. The van der Waals surface area contributed by atoms with Gasteiger partial charge in [-0.3, -0.25) is 14.4 Å². The molecule has 0 aromatic heterocycles. The molecule has 0 saturated heterocycles. The number of esters is 3. The molecule has 0 rings (SSSR count). The van der Waals surface area contributed by atoms with E-state index in [2.05, 4.69) is 93.7 Å². The molecule has 1 atom stereocenters. The molecule has 0 fully saturated rings. The van der Waals surface area contributed by atoms with Crippen LogP contribution in [0.5, 0.6) is 0 Å². The van der Waals surface area contributed by atoms with Gasteiger partial charge < -0.3 is 14.2 Å². The minimum atomic E-state index is -0.797. The van der Waals surface area contributed by atoms with Crippen molar-refractivity contribution in [1.82, 2.24) is 0 Å². The molecule has 65 heavy (non-hydrogen) atoms. The van der Waals surface area contributed by atoms with Gasteiger partial charge in [-0.15, -0.1) is 0 Å². The minimum Gasteiger partial charge on any atom is -0.462 e. The second-order valence-corrected chi connectivity index (χ2v) is 18.1. The average Bonchev–Trinajstić information content (AvgIpc) is 3.30. The van der Waals surface area contributed by atoms with Crippen molar-refractivity contribution >= 4 is 17.9 Å². The molecule has 0 aliphatic heterocycles. The summed E-state index contributed by atoms with van der Waals surface area (Å²) in [5.41, 5.74) is 0. The van der Waals surface area contributed by atoms with Crippen LogP contribution in [0.1, 0.15) is 265 Å². The Kier molecular flexibility index (Phi) is 50.9. The van der Waals surface area contributed by atoms with E-state index in [0.717, 1.165) is 70.6 Å². The quantitative estimate of drug-likeness (QED) is 0.0262. The Balaban J connectivity index is 4.43. The van der Waals surface area contributed by atoms with E-state index >= 15 is 0 Å². The van der Waals surface area contributed by atoms with Crippen molar-refractivity contribution in [3.63, 3.8) is 0 Å². The lowest BCUT2D eigenvalue weighted by molar-refractivity contribution is -0.167. The van der Waals surface area contributed by atoms with Crippen LogP contribution in [-0.2, 0) is 28.6 Å². The molecule has 0 N–H and O–H groups in total. The zero-order chi connectivity index (χ0) is 47.2. The van der Waals surface area contributed by atoms with Gasteiger partial charge in [0.1, 0.15) is 13.2 Å². The lowest BCUT2D eigenvalue weighted by atomic mass is 10.1. The second kappa shape index (κ2) is 53.5. The highest BCUT2D eigenvalue weighted by Crippen LogP contribution is 2.15. The average molecular weight is 907 g/mol. The monoisotopic (exact) mass is 907 g/mol. The van der Waals surface area contributed by atoms with E-state index in [0.29, 0.717) is 19.3 Å². The smallest absolute Gasteiger partial charge is 0.306 e. The molecule has 0 bridgehead atoms. The van der Waals surface area contributed by atoms with E-state index in [1.807, 2.05) is 0 Å². The number of hydrogen-bond donors (Lipinski definition) is 0. The summed E-state index contributed by atoms with van der Waals surface area (Å²) >= 11 is 0. The van der Waals surface area contributed by atoms with Gasteiger partial charge in [-0.2, -0.15) is 0 Å². The molecule has 0 unspecified atom stereocenters. The summed E-state index contributed by atoms with van der Waals surface area (Å²) in [5.74, 6) is -0.951. The Labute approximate surface area is 402 Å². The SMILES string of the molecule is CCCCC/C=C\C/C=C\C/C=C\C/C=C\CCCC(=O)OC[C@H](COC(=O)CCCCCCCCCCCCC)OC(=O)CCCCCCCCCCC/C=C\C/C=C\CCCCC. The molecular formula is C59H102O6. The highest BCUT2D eigenvalue weighted by molar-refractivity contribution is 5.71. The highest BCUT2D eigenvalue weighted by Gasteiger charge is 2.19. The molecular weight excluding hydrogens is 805 g/mol. The third kappa shape index (κ3) is 51.7. The summed E-state index contributed by atoms with van der Waals surface area (Å²) in [7, 11) is 0. The van der Waals surface area contributed by atoms with Gasteiger partial charge in [-0.25, -0.2) is 0 Å². The summed E-state index contributed by atoms with van der Waals surface area (Å²) < 4.78 is 16.8. The maximum Gasteiger partial charge on any atom is 0.306 e. The van der Waals surface area contributed by atoms with Crippen molar-refractivity contribution in [1.29, 1.82) is 0 Å². The van der Waals surface area contributed by atoms with Gasteiger partial charge in [0.05, 0.1) is 0 Å². The third-order valence-electron chi connectivity index (χ3n) is 11.7. The van der Waals surface area contributed by atoms with Crippen LogP contribution in [0.3, 0.4) is 0 Å². The Morgan fingerprint density at radius 3 is 0.954 bits per heavy atom. The number of carbonyl (C=O) groups excluding carboxylic acids is 3. The molecule has 0 aromatic carbocycles. The number of carbonyl (C=O) groups is 3. The summed E-state index contributed by atoms with van der Waals surface area (Å²) in [4.78, 5) is 38.0. The molecule has 0 heterocycles. The molecule has 0 radical (unpaired) electrons. The van der Waals surface area contributed by atoms with Gasteiger partial charge in [-0.1, -0.05) is 229 Å². The van der Waals surface area contributed by atoms with Crippen LogP contribution in [0.2, 0.25) is 0 Å². The standard InChI is InChI=1S/C59H102O6/c1-4-7-10-13-16-19-22-24-26-28-29-31-33-35-38-41-44-47-50-53-59(62)65-56(54-63-57(60)51-48-45-42-39-36-21-18-15-12-9-6-3)55-64-58(61)52-49-46-43-40-37-34-32-30-27-25-23-20-17-14-11-8-5-2/h16-17,19-20,24-27,32,34,40,43,56H,4-15,18,21-23,28-31,33,35-39,41-42,44-55H2,1-3H3/b19-16-,20-17-,26-24-,27-25-,34-32-,43-40-/t56-/m0/s1. The van der Waals surface area contributed by atoms with Crippen LogP contribution in [0, 0.1) is 0 Å². The second-order valence-electron chi connectivity index (χ2n) is 18.1. The number of allylic oxidation sites excluding steroid dienone is 12. The number of ether oxygens (including phenoxy) is 3. The number of unbranched alkanes of at least 4 members (excludes halogenated alkanes) is 26. The molecule has 0 saturated carbocycles. The lowest BCUT2D eigenvalue weighted by Gasteiger charge is -2.18. The molecule has 0 amide bonds. The topological polar surface area (TPSA) is 78.9 Å². The molecule has 0 aliphatic carbocycles. The fourth-order valence-electron chi connectivity index (χ4n) is 7.52. The van der Waals surface area contributed by atoms with Crippen LogP contribution in [-0.4, -0.2) is 37.2 Å². The van der Waals surface area contributed by atoms with E-state index in [4.69, 9.17) is 14.2 Å². The summed E-state index contributed by atoms with van der Waals surface area (Å²) in [6.07, 6.45) is 67.5. The van der Waals surface area contributed by atoms with Gasteiger partial charge in [0.15, 0.2) is 6.10 Å². The zero-order valence-corrected chi connectivity index (χ0v) is 42.7. The van der Waals surface area contributed by atoms with Crippen LogP contribution in [0.25, 0.3) is 0 Å². The van der Waals surface area contributed by atoms with E-state index < -0.39 is 6.10 Å². The van der Waals surface area contributed by atoms with E-state index in [9.17, 15) is 14.4 Å². The largest absolute Gasteiger partial charge is 0.462 e. The van der Waals surface area contributed by atoms with Crippen LogP contribution >= 0.6 is 0 Å². The number of hydrogen-bond acceptors (Lipinski definition) is 6. The predicted molar refractivity (Wildman–Crippen MR) is 279 cm³/mol. The molecule has 0 aliphatic rings. The van der Waals surface area contributed by atoms with Crippen molar-refractivity contribution < 1.29 is 28.6 Å². The summed E-state index contributed by atoms with van der Waals surface area (Å²) in [5, 5.41) is 0. The third-order valence-corrected chi connectivity index (χ3v) is 11.7. The lowest BCUT2D eigenvalue weighted by Crippen LogP contribution is -2.30. The first-order chi connectivity index (χ1) is 32.0. The molecule has 0 spiro atoms. The Hall–Kier alpha value is -3.15. The summed E-state index contributed by atoms with van der Waals surface area (Å²) in [6.45, 7) is 6.54. The first-order valence-corrected chi connectivity index (χ1v) is 27.4. The fourth-order valence-corrected chi connectivity index (χ4v) is 7.52. The predicted octanol–water partition coefficient (Wildman–Crippen LogP) is 18.2. The minimum absolute atomic E-state index is 0.0923. The van der Waals surface area contributed by atoms with Gasteiger partial charge in [-0.05, 0) is 89.9 Å². The Bertz CT molecular complexity index is 1230.